The average molecular weight is 407 g/mol. The third-order valence-electron chi connectivity index (χ3n) is 7.18. The first-order valence-corrected chi connectivity index (χ1v) is 9.08. The van der Waals surface area contributed by atoms with E-state index in [2.05, 4.69) is 5.32 Å². The Balaban J connectivity index is 1.95. The van der Waals surface area contributed by atoms with Gasteiger partial charge in [0.1, 0.15) is 23.7 Å². The van der Waals surface area contributed by atoms with Crippen LogP contribution in [0.4, 0.5) is 0 Å². The standard InChI is InChI=1S/C16H17N5O8/c22-18(23)15(19(24)25)9-6-10-8-12(15)14(13-4-2-1-3-5-17-13)11(7-9)16(10,20(26)27)21(28)29/h1-5,9-12,14,17H,6-8H2. The molecule has 0 aromatic rings. The summed E-state index contributed by atoms with van der Waals surface area (Å²) in [5.74, 6) is -5.67. The molecule has 1 heterocycles. The van der Waals surface area contributed by atoms with Gasteiger partial charge in [0.2, 0.25) is 0 Å². The largest absolute Gasteiger partial charge is 0.464 e. The third kappa shape index (κ3) is 2.09. The molecule has 5 rings (SSSR count). The van der Waals surface area contributed by atoms with Crippen molar-refractivity contribution >= 4 is 0 Å². The van der Waals surface area contributed by atoms with Gasteiger partial charge in [0.05, 0.1) is 19.7 Å². The first-order chi connectivity index (χ1) is 13.7. The predicted octanol–water partition coefficient (Wildman–Crippen LogP) is 1.33. The topological polar surface area (TPSA) is 185 Å². The Labute approximate surface area is 162 Å². The van der Waals surface area contributed by atoms with E-state index < -0.39 is 60.6 Å². The van der Waals surface area contributed by atoms with Gasteiger partial charge in [-0.3, -0.25) is 40.5 Å². The van der Waals surface area contributed by atoms with Gasteiger partial charge in [-0.25, -0.2) is 0 Å². The number of nitro groups is 4. The maximum absolute atomic E-state index is 12.0. The minimum Gasteiger partial charge on any atom is -0.365 e. The van der Waals surface area contributed by atoms with Gasteiger partial charge in [-0.05, 0) is 31.4 Å². The predicted molar refractivity (Wildman–Crippen MR) is 94.2 cm³/mol. The summed E-state index contributed by atoms with van der Waals surface area (Å²) in [6.07, 6.45) is 6.90. The van der Waals surface area contributed by atoms with Crippen molar-refractivity contribution in [1.82, 2.24) is 5.32 Å². The second-order valence-corrected chi connectivity index (χ2v) is 7.94. The van der Waals surface area contributed by atoms with Gasteiger partial charge >= 0.3 is 11.3 Å². The van der Waals surface area contributed by atoms with Crippen LogP contribution in [0, 0.1) is 70.0 Å². The van der Waals surface area contributed by atoms with Gasteiger partial charge in [-0.1, -0.05) is 12.2 Å². The molecule has 29 heavy (non-hydrogen) atoms. The van der Waals surface area contributed by atoms with Crippen LogP contribution < -0.4 is 5.32 Å². The lowest BCUT2D eigenvalue weighted by molar-refractivity contribution is -0.856. The highest BCUT2D eigenvalue weighted by Crippen LogP contribution is 2.67. The zero-order valence-electron chi connectivity index (χ0n) is 14.9. The van der Waals surface area contributed by atoms with Crippen molar-refractivity contribution in [3.63, 3.8) is 0 Å². The molecule has 0 radical (unpaired) electrons. The number of rotatable bonds is 5. The molecule has 0 amide bonds. The number of hydrogen-bond acceptors (Lipinski definition) is 9. The second kappa shape index (κ2) is 6.06. The highest BCUT2D eigenvalue weighted by Gasteiger charge is 2.88. The lowest BCUT2D eigenvalue weighted by Crippen LogP contribution is -2.78. The minimum absolute atomic E-state index is 0.282. The molecule has 0 aromatic carbocycles. The molecule has 0 spiro atoms. The van der Waals surface area contributed by atoms with Gasteiger partial charge in [0.25, 0.3) is 0 Å². The summed E-state index contributed by atoms with van der Waals surface area (Å²) in [4.78, 5) is 44.5. The Kier molecular flexibility index (Phi) is 3.96. The molecule has 13 heteroatoms. The summed E-state index contributed by atoms with van der Waals surface area (Å²) < 4.78 is 0. The molecule has 5 aliphatic rings. The van der Waals surface area contributed by atoms with E-state index in [1.165, 1.54) is 12.3 Å². The van der Waals surface area contributed by atoms with E-state index in [1.54, 1.807) is 18.2 Å². The van der Waals surface area contributed by atoms with Crippen molar-refractivity contribution in [3.8, 4) is 0 Å². The molecular weight excluding hydrogens is 390 g/mol. The monoisotopic (exact) mass is 407 g/mol. The fourth-order valence-corrected chi connectivity index (χ4v) is 6.28. The highest BCUT2D eigenvalue weighted by atomic mass is 16.7. The average Bonchev–Trinajstić information content (AvgIpc) is 2.90. The lowest BCUT2D eigenvalue weighted by atomic mass is 9.43. The van der Waals surface area contributed by atoms with Crippen molar-refractivity contribution < 1.29 is 19.7 Å². The highest BCUT2D eigenvalue weighted by molar-refractivity contribution is 5.28. The van der Waals surface area contributed by atoms with Crippen LogP contribution in [0.15, 0.2) is 36.2 Å². The second-order valence-electron chi connectivity index (χ2n) is 7.94. The Morgan fingerprint density at radius 3 is 1.69 bits per heavy atom. The van der Waals surface area contributed by atoms with Crippen LogP contribution in [0.25, 0.3) is 0 Å². The zero-order chi connectivity index (χ0) is 21.1. The van der Waals surface area contributed by atoms with Crippen LogP contribution in [-0.2, 0) is 0 Å². The molecular formula is C16H17N5O8. The van der Waals surface area contributed by atoms with Gasteiger partial charge in [0, 0.05) is 17.8 Å². The molecule has 4 unspecified atom stereocenters. The van der Waals surface area contributed by atoms with Gasteiger partial charge in [-0.2, -0.15) is 0 Å². The fraction of sp³-hybridized carbons (Fsp3) is 0.625. The summed E-state index contributed by atoms with van der Waals surface area (Å²) in [6.45, 7) is 0. The normalized spacial score (nSPS) is 35.3. The van der Waals surface area contributed by atoms with E-state index in [1.807, 2.05) is 0 Å². The van der Waals surface area contributed by atoms with Crippen molar-refractivity contribution in [2.75, 3.05) is 0 Å². The minimum atomic E-state index is -2.51. The fourth-order valence-electron chi connectivity index (χ4n) is 6.28. The van der Waals surface area contributed by atoms with Crippen LogP contribution in [-0.4, -0.2) is 31.0 Å². The summed E-state index contributed by atoms with van der Waals surface area (Å²) in [5, 5.41) is 50.9. The van der Waals surface area contributed by atoms with Gasteiger partial charge in [-0.15, -0.1) is 0 Å². The molecule has 13 nitrogen and oxygen atoms in total. The van der Waals surface area contributed by atoms with E-state index in [4.69, 9.17) is 0 Å². The summed E-state index contributed by atoms with van der Waals surface area (Å²) in [6, 6.07) is 0. The number of nitrogens with zero attached hydrogens (tertiary/aromatic N) is 4. The summed E-state index contributed by atoms with van der Waals surface area (Å²) >= 11 is 0. The number of nitrogens with one attached hydrogen (secondary N) is 1. The summed E-state index contributed by atoms with van der Waals surface area (Å²) in [5.41, 5.74) is -4.75. The van der Waals surface area contributed by atoms with Crippen LogP contribution in [0.2, 0.25) is 0 Å². The quantitative estimate of drug-likeness (QED) is 0.399. The Morgan fingerprint density at radius 1 is 0.759 bits per heavy atom. The van der Waals surface area contributed by atoms with E-state index in [-0.39, 0.29) is 25.0 Å². The van der Waals surface area contributed by atoms with E-state index in [0.29, 0.717) is 0 Å². The van der Waals surface area contributed by atoms with Crippen LogP contribution in [0.3, 0.4) is 0 Å². The molecule has 4 aliphatic carbocycles. The third-order valence-corrected chi connectivity index (χ3v) is 7.18. The van der Waals surface area contributed by atoms with Crippen molar-refractivity contribution in [2.45, 2.75) is 30.6 Å². The van der Waals surface area contributed by atoms with Gasteiger partial charge < -0.3 is 5.32 Å². The molecule has 0 aromatic heterocycles. The van der Waals surface area contributed by atoms with E-state index in [0.717, 1.165) is 0 Å². The SMILES string of the molecule is O=[N+]([O-])C1([N+](=O)[O-])C2CC3CC1C(C1=CC=CC=CN1)C(C2)C3([N+](=O)[O-])[N+](=O)[O-]. The van der Waals surface area contributed by atoms with Crippen LogP contribution >= 0.6 is 0 Å². The van der Waals surface area contributed by atoms with E-state index in [9.17, 15) is 40.5 Å². The molecule has 4 saturated carbocycles. The van der Waals surface area contributed by atoms with Crippen molar-refractivity contribution in [2.24, 2.45) is 29.6 Å². The molecule has 1 N–H and O–H groups in total. The van der Waals surface area contributed by atoms with E-state index >= 15 is 0 Å². The Hall–Kier alpha value is -3.38. The maximum atomic E-state index is 12.0. The van der Waals surface area contributed by atoms with Crippen molar-refractivity contribution in [3.05, 3.63) is 76.7 Å². The van der Waals surface area contributed by atoms with Crippen molar-refractivity contribution in [1.29, 1.82) is 0 Å². The molecule has 1 aliphatic heterocycles. The van der Waals surface area contributed by atoms with Crippen LogP contribution in [0.1, 0.15) is 19.3 Å². The zero-order valence-corrected chi connectivity index (χ0v) is 14.9. The smallest absolute Gasteiger partial charge is 0.365 e. The molecule has 4 fully saturated rings. The molecule has 4 bridgehead atoms. The van der Waals surface area contributed by atoms with Crippen LogP contribution in [0.5, 0.6) is 0 Å². The Bertz CT molecular complexity index is 831. The first kappa shape index (κ1) is 19.0. The molecule has 4 atom stereocenters. The number of allylic oxidation sites excluding steroid dienone is 5. The lowest BCUT2D eigenvalue weighted by Gasteiger charge is -2.56. The summed E-state index contributed by atoms with van der Waals surface area (Å²) in [7, 11) is 0. The maximum Gasteiger partial charge on any atom is 0.464 e. The molecule has 154 valence electrons. The number of hydrogen-bond donors (Lipinski definition) is 1. The first-order valence-electron chi connectivity index (χ1n) is 9.08. The Morgan fingerprint density at radius 2 is 1.24 bits per heavy atom. The van der Waals surface area contributed by atoms with Gasteiger partial charge in [0.15, 0.2) is 0 Å². The molecule has 0 saturated heterocycles.